The molecule has 1 rings (SSSR count). The predicted molar refractivity (Wildman–Crippen MR) is 74.1 cm³/mol. The van der Waals surface area contributed by atoms with Gasteiger partial charge < -0.3 is 19.7 Å². The summed E-state index contributed by atoms with van der Waals surface area (Å²) in [5.41, 5.74) is 0. The summed E-state index contributed by atoms with van der Waals surface area (Å²) >= 11 is 0. The van der Waals surface area contributed by atoms with Gasteiger partial charge in [-0.25, -0.2) is 4.79 Å². The Hall–Kier alpha value is -1.59. The molecule has 114 valence electrons. The van der Waals surface area contributed by atoms with E-state index >= 15 is 0 Å². The number of carbonyl (C=O) groups is 3. The van der Waals surface area contributed by atoms with Crippen LogP contribution < -0.4 is 5.32 Å². The van der Waals surface area contributed by atoms with Crippen LogP contribution in [0.1, 0.15) is 34.1 Å². The average molecular weight is 284 g/mol. The van der Waals surface area contributed by atoms with Crippen molar-refractivity contribution >= 4 is 18.3 Å². The number of likely N-dealkylation sites (tertiary alicyclic amines) is 1. The molecule has 0 saturated carbocycles. The van der Waals surface area contributed by atoms with Gasteiger partial charge >= 0.3 is 6.09 Å². The van der Waals surface area contributed by atoms with E-state index in [4.69, 9.17) is 4.74 Å². The van der Waals surface area contributed by atoms with Crippen molar-refractivity contribution < 1.29 is 19.1 Å². The molecule has 0 aliphatic carbocycles. The van der Waals surface area contributed by atoms with Crippen molar-refractivity contribution in [3.8, 4) is 0 Å². The third kappa shape index (κ3) is 4.51. The first-order chi connectivity index (χ1) is 9.35. The van der Waals surface area contributed by atoms with Gasteiger partial charge in [0.1, 0.15) is 12.8 Å². The van der Waals surface area contributed by atoms with Crippen LogP contribution in [0.3, 0.4) is 0 Å². The lowest BCUT2D eigenvalue weighted by Crippen LogP contribution is -2.43. The standard InChI is InChI=1S/C14H24N2O4/c1-9(2)11-5-12(8-17)16(7-11)13(18)6-15-14(19)20-10(3)4/h8-12H,5-7H2,1-4H3,(H,15,19)/t11-,12+/m1/s1. The summed E-state index contributed by atoms with van der Waals surface area (Å²) in [6.07, 6.45) is 0.663. The fourth-order valence-corrected chi connectivity index (χ4v) is 2.30. The van der Waals surface area contributed by atoms with E-state index in [1.165, 1.54) is 0 Å². The third-order valence-electron chi connectivity index (χ3n) is 3.52. The molecule has 1 aliphatic rings. The molecule has 1 saturated heterocycles. The Morgan fingerprint density at radius 1 is 1.35 bits per heavy atom. The third-order valence-corrected chi connectivity index (χ3v) is 3.52. The number of amides is 2. The number of hydrogen-bond donors (Lipinski definition) is 1. The number of aldehydes is 1. The van der Waals surface area contributed by atoms with E-state index in [1.54, 1.807) is 18.7 Å². The van der Waals surface area contributed by atoms with Crippen molar-refractivity contribution in [2.24, 2.45) is 11.8 Å². The second-order valence-corrected chi connectivity index (χ2v) is 5.80. The zero-order valence-corrected chi connectivity index (χ0v) is 12.6. The van der Waals surface area contributed by atoms with Crippen LogP contribution in [-0.2, 0) is 14.3 Å². The summed E-state index contributed by atoms with van der Waals surface area (Å²) in [6.45, 7) is 8.06. The highest BCUT2D eigenvalue weighted by molar-refractivity contribution is 5.85. The van der Waals surface area contributed by atoms with E-state index in [0.717, 1.165) is 6.29 Å². The van der Waals surface area contributed by atoms with E-state index < -0.39 is 6.09 Å². The Labute approximate surface area is 119 Å². The predicted octanol–water partition coefficient (Wildman–Crippen LogP) is 1.19. The summed E-state index contributed by atoms with van der Waals surface area (Å²) < 4.78 is 4.89. The van der Waals surface area contributed by atoms with Crippen LogP contribution in [0, 0.1) is 11.8 Å². The molecular weight excluding hydrogens is 260 g/mol. The minimum atomic E-state index is -0.615. The van der Waals surface area contributed by atoms with Crippen LogP contribution in [0.15, 0.2) is 0 Å². The Morgan fingerprint density at radius 2 is 2.00 bits per heavy atom. The maximum absolute atomic E-state index is 12.1. The van der Waals surface area contributed by atoms with Crippen molar-refractivity contribution in [2.75, 3.05) is 13.1 Å². The molecule has 6 nitrogen and oxygen atoms in total. The van der Waals surface area contributed by atoms with Crippen LogP contribution in [0.25, 0.3) is 0 Å². The van der Waals surface area contributed by atoms with Crippen molar-refractivity contribution in [2.45, 2.75) is 46.3 Å². The molecule has 0 aromatic carbocycles. The number of carbonyl (C=O) groups excluding carboxylic acids is 3. The molecule has 2 amide bonds. The van der Waals surface area contributed by atoms with E-state index in [9.17, 15) is 14.4 Å². The summed E-state index contributed by atoms with van der Waals surface area (Å²) in [4.78, 5) is 36.0. The Morgan fingerprint density at radius 3 is 2.50 bits per heavy atom. The number of hydrogen-bond acceptors (Lipinski definition) is 4. The first kappa shape index (κ1) is 16.5. The molecule has 0 radical (unpaired) electrons. The van der Waals surface area contributed by atoms with Crippen LogP contribution >= 0.6 is 0 Å². The Balaban J connectivity index is 2.49. The topological polar surface area (TPSA) is 75.7 Å². The molecule has 0 spiro atoms. The van der Waals surface area contributed by atoms with Gasteiger partial charge in [-0.05, 0) is 32.1 Å². The van der Waals surface area contributed by atoms with Crippen LogP contribution in [0.4, 0.5) is 4.79 Å². The lowest BCUT2D eigenvalue weighted by molar-refractivity contribution is -0.133. The largest absolute Gasteiger partial charge is 0.447 e. The van der Waals surface area contributed by atoms with Crippen molar-refractivity contribution in [3.63, 3.8) is 0 Å². The zero-order valence-electron chi connectivity index (χ0n) is 12.6. The number of ether oxygens (including phenoxy) is 1. The molecule has 20 heavy (non-hydrogen) atoms. The molecule has 2 atom stereocenters. The van der Waals surface area contributed by atoms with Gasteiger partial charge in [0.15, 0.2) is 0 Å². The average Bonchev–Trinajstić information content (AvgIpc) is 2.79. The van der Waals surface area contributed by atoms with Crippen molar-refractivity contribution in [3.05, 3.63) is 0 Å². The van der Waals surface area contributed by atoms with Gasteiger partial charge in [-0.15, -0.1) is 0 Å². The number of nitrogens with one attached hydrogen (secondary N) is 1. The van der Waals surface area contributed by atoms with Gasteiger partial charge in [-0.3, -0.25) is 4.79 Å². The first-order valence-corrected chi connectivity index (χ1v) is 7.04. The number of rotatable bonds is 5. The van der Waals surface area contributed by atoms with E-state index in [-0.39, 0.29) is 24.6 Å². The normalized spacial score (nSPS) is 22.2. The lowest BCUT2D eigenvalue weighted by atomic mass is 9.94. The molecule has 0 aromatic rings. The van der Waals surface area contributed by atoms with Gasteiger partial charge in [0.05, 0.1) is 12.1 Å². The Bertz CT molecular complexity index is 368. The quantitative estimate of drug-likeness (QED) is 0.770. The van der Waals surface area contributed by atoms with E-state index in [2.05, 4.69) is 19.2 Å². The van der Waals surface area contributed by atoms with Crippen LogP contribution in [0.5, 0.6) is 0 Å². The zero-order chi connectivity index (χ0) is 15.3. The smallest absolute Gasteiger partial charge is 0.407 e. The molecule has 1 N–H and O–H groups in total. The first-order valence-electron chi connectivity index (χ1n) is 7.04. The summed E-state index contributed by atoms with van der Waals surface area (Å²) in [6, 6.07) is -0.377. The second-order valence-electron chi connectivity index (χ2n) is 5.80. The van der Waals surface area contributed by atoms with Gasteiger partial charge in [-0.1, -0.05) is 13.8 Å². The summed E-state index contributed by atoms with van der Waals surface area (Å²) in [5.74, 6) is 0.511. The highest BCUT2D eigenvalue weighted by Crippen LogP contribution is 2.27. The van der Waals surface area contributed by atoms with Gasteiger partial charge in [-0.2, -0.15) is 0 Å². The molecule has 1 aliphatic heterocycles. The van der Waals surface area contributed by atoms with Gasteiger partial charge in [0, 0.05) is 6.54 Å². The maximum Gasteiger partial charge on any atom is 0.407 e. The lowest BCUT2D eigenvalue weighted by Gasteiger charge is -2.21. The molecular formula is C14H24N2O4. The minimum absolute atomic E-state index is 0.138. The second kappa shape index (κ2) is 7.26. The van der Waals surface area contributed by atoms with Crippen LogP contribution in [-0.4, -0.2) is 48.4 Å². The number of nitrogens with zero attached hydrogens (tertiary/aromatic N) is 1. The minimum Gasteiger partial charge on any atom is -0.447 e. The molecule has 1 fully saturated rings. The highest BCUT2D eigenvalue weighted by Gasteiger charge is 2.36. The van der Waals surface area contributed by atoms with E-state index in [1.807, 2.05) is 0 Å². The van der Waals surface area contributed by atoms with Crippen LogP contribution in [0.2, 0.25) is 0 Å². The monoisotopic (exact) mass is 284 g/mol. The van der Waals surface area contributed by atoms with Gasteiger partial charge in [0.25, 0.3) is 0 Å². The SMILES string of the molecule is CC(C)OC(=O)NCC(=O)N1C[C@H](C(C)C)C[C@H]1C=O. The fourth-order valence-electron chi connectivity index (χ4n) is 2.30. The fraction of sp³-hybridized carbons (Fsp3) is 0.786. The number of alkyl carbamates (subject to hydrolysis) is 1. The van der Waals surface area contributed by atoms with Gasteiger partial charge in [0.2, 0.25) is 5.91 Å². The Kier molecular flexibility index (Phi) is 5.98. The molecule has 6 heteroatoms. The van der Waals surface area contributed by atoms with Crippen molar-refractivity contribution in [1.29, 1.82) is 0 Å². The summed E-state index contributed by atoms with van der Waals surface area (Å²) in [5, 5.41) is 2.41. The molecule has 0 aromatic heterocycles. The molecule has 1 heterocycles. The van der Waals surface area contributed by atoms with Crippen molar-refractivity contribution in [1.82, 2.24) is 10.2 Å². The summed E-state index contributed by atoms with van der Waals surface area (Å²) in [7, 11) is 0. The van der Waals surface area contributed by atoms with E-state index in [0.29, 0.717) is 24.8 Å². The maximum atomic E-state index is 12.1. The highest BCUT2D eigenvalue weighted by atomic mass is 16.6. The molecule has 0 bridgehead atoms. The molecule has 0 unspecified atom stereocenters.